The number of aliphatic hydroxyl groups is 1. The molecule has 0 radical (unpaired) electrons. The van der Waals surface area contributed by atoms with Crippen LogP contribution >= 0.6 is 0 Å². The number of ether oxygens (including phenoxy) is 1. The molecule has 1 fully saturated rings. The van der Waals surface area contributed by atoms with E-state index >= 15 is 0 Å². The molecule has 1 N–H and O–H groups in total. The number of nitrogens with zero attached hydrogens (tertiary/aromatic N) is 1. The van der Waals surface area contributed by atoms with Crippen molar-refractivity contribution in [1.82, 2.24) is 4.98 Å². The third kappa shape index (κ3) is 3.00. The highest BCUT2D eigenvalue weighted by atomic mass is 19.4. The Morgan fingerprint density at radius 3 is 2.67 bits per heavy atom. The summed E-state index contributed by atoms with van der Waals surface area (Å²) in [6.07, 6.45) is -2.87. The number of aromatic nitrogens is 1. The highest BCUT2D eigenvalue weighted by molar-refractivity contribution is 5.18. The van der Waals surface area contributed by atoms with Crippen LogP contribution in [0.15, 0.2) is 18.3 Å². The summed E-state index contributed by atoms with van der Waals surface area (Å²) >= 11 is 0. The fourth-order valence-electron chi connectivity index (χ4n) is 2.00. The smallest absolute Gasteiger partial charge is 0.386 e. The van der Waals surface area contributed by atoms with Crippen LogP contribution in [0.4, 0.5) is 13.2 Å². The van der Waals surface area contributed by atoms with Gasteiger partial charge in [0.05, 0.1) is 17.9 Å². The molecule has 0 spiro atoms. The van der Waals surface area contributed by atoms with Crippen molar-refractivity contribution in [3.63, 3.8) is 0 Å². The van der Waals surface area contributed by atoms with Crippen molar-refractivity contribution >= 4 is 0 Å². The zero-order chi connectivity index (χ0) is 13.2. The van der Waals surface area contributed by atoms with Gasteiger partial charge < -0.3 is 9.84 Å². The predicted molar refractivity (Wildman–Crippen MR) is 57.7 cm³/mol. The van der Waals surface area contributed by atoms with E-state index in [2.05, 4.69) is 4.98 Å². The largest absolute Gasteiger partial charge is 0.417 e. The summed E-state index contributed by atoms with van der Waals surface area (Å²) < 4.78 is 42.3. The Hall–Kier alpha value is -1.14. The third-order valence-electron chi connectivity index (χ3n) is 3.06. The van der Waals surface area contributed by atoms with E-state index in [1.165, 1.54) is 6.07 Å². The molecule has 1 aliphatic rings. The van der Waals surface area contributed by atoms with Crippen LogP contribution in [0.25, 0.3) is 0 Å². The highest BCUT2D eigenvalue weighted by Crippen LogP contribution is 2.31. The maximum Gasteiger partial charge on any atom is 0.417 e. The predicted octanol–water partition coefficient (Wildman–Crippen LogP) is 2.56. The minimum Gasteiger partial charge on any atom is -0.386 e. The molecule has 0 amide bonds. The van der Waals surface area contributed by atoms with Crippen molar-refractivity contribution in [3.8, 4) is 0 Å². The number of halogens is 3. The Balaban J connectivity index is 2.09. The number of aliphatic hydroxyl groups excluding tert-OH is 1. The summed E-state index contributed by atoms with van der Waals surface area (Å²) in [7, 11) is 0. The lowest BCUT2D eigenvalue weighted by Crippen LogP contribution is -2.24. The lowest BCUT2D eigenvalue weighted by molar-refractivity contribution is -0.137. The van der Waals surface area contributed by atoms with Gasteiger partial charge in [0.1, 0.15) is 6.10 Å². The van der Waals surface area contributed by atoms with Crippen LogP contribution in [-0.2, 0) is 10.9 Å². The Kier molecular flexibility index (Phi) is 3.87. The summed E-state index contributed by atoms with van der Waals surface area (Å²) in [4.78, 5) is 3.69. The van der Waals surface area contributed by atoms with E-state index in [1.807, 2.05) is 0 Å². The normalized spacial score (nSPS) is 22.8. The average molecular weight is 261 g/mol. The molecule has 100 valence electrons. The van der Waals surface area contributed by atoms with E-state index in [1.54, 1.807) is 0 Å². The van der Waals surface area contributed by atoms with Crippen molar-refractivity contribution in [2.45, 2.75) is 25.1 Å². The van der Waals surface area contributed by atoms with Crippen LogP contribution in [0, 0.1) is 5.92 Å². The second kappa shape index (κ2) is 5.24. The molecule has 1 aromatic heterocycles. The Morgan fingerprint density at radius 2 is 2.17 bits per heavy atom. The van der Waals surface area contributed by atoms with E-state index in [4.69, 9.17) is 4.74 Å². The lowest BCUT2D eigenvalue weighted by Gasteiger charge is -2.26. The first kappa shape index (κ1) is 13.3. The van der Waals surface area contributed by atoms with Crippen LogP contribution in [0.1, 0.15) is 30.2 Å². The van der Waals surface area contributed by atoms with E-state index in [0.717, 1.165) is 25.1 Å². The SMILES string of the molecule is OC(c1ccc(C(F)(F)F)cn1)C1CCCOC1. The van der Waals surface area contributed by atoms with Gasteiger partial charge in [0, 0.05) is 18.7 Å². The summed E-state index contributed by atoms with van der Waals surface area (Å²) in [5.74, 6) is -0.0945. The van der Waals surface area contributed by atoms with Crippen LogP contribution in [0.3, 0.4) is 0 Å². The van der Waals surface area contributed by atoms with E-state index < -0.39 is 17.8 Å². The first-order valence-corrected chi connectivity index (χ1v) is 5.77. The topological polar surface area (TPSA) is 42.4 Å². The summed E-state index contributed by atoms with van der Waals surface area (Å²) in [6.45, 7) is 1.09. The standard InChI is InChI=1S/C12H14F3NO2/c13-12(14,15)9-3-4-10(16-6-9)11(17)8-2-1-5-18-7-8/h3-4,6,8,11,17H,1-2,5,7H2. The first-order valence-electron chi connectivity index (χ1n) is 5.77. The second-order valence-electron chi connectivity index (χ2n) is 4.39. The van der Waals surface area contributed by atoms with Crippen LogP contribution in [0.5, 0.6) is 0 Å². The Labute approximate surface area is 103 Å². The second-order valence-corrected chi connectivity index (χ2v) is 4.39. The summed E-state index contributed by atoms with van der Waals surface area (Å²) in [5, 5.41) is 10.0. The Bertz CT molecular complexity index is 385. The van der Waals surface area contributed by atoms with Gasteiger partial charge in [0.2, 0.25) is 0 Å². The third-order valence-corrected chi connectivity index (χ3v) is 3.06. The number of alkyl halides is 3. The summed E-state index contributed by atoms with van der Waals surface area (Å²) in [6, 6.07) is 2.16. The van der Waals surface area contributed by atoms with Gasteiger partial charge >= 0.3 is 6.18 Å². The molecule has 2 rings (SSSR count). The molecule has 1 saturated heterocycles. The van der Waals surface area contributed by atoms with Gasteiger partial charge in [0.15, 0.2) is 0 Å². The van der Waals surface area contributed by atoms with Crippen LogP contribution in [0.2, 0.25) is 0 Å². The van der Waals surface area contributed by atoms with Crippen LogP contribution in [-0.4, -0.2) is 23.3 Å². The fourth-order valence-corrected chi connectivity index (χ4v) is 2.00. The molecule has 0 aliphatic carbocycles. The molecule has 1 aromatic rings. The van der Waals surface area contributed by atoms with Crippen molar-refractivity contribution < 1.29 is 23.0 Å². The monoisotopic (exact) mass is 261 g/mol. The molecule has 2 unspecified atom stereocenters. The molecule has 2 heterocycles. The number of hydrogen-bond acceptors (Lipinski definition) is 3. The van der Waals surface area contributed by atoms with Gasteiger partial charge in [-0.2, -0.15) is 13.2 Å². The minimum atomic E-state index is -4.40. The molecule has 18 heavy (non-hydrogen) atoms. The molecular weight excluding hydrogens is 247 g/mol. The van der Waals surface area contributed by atoms with Crippen molar-refractivity contribution in [2.75, 3.05) is 13.2 Å². The fraction of sp³-hybridized carbons (Fsp3) is 0.583. The molecular formula is C12H14F3NO2. The molecule has 0 aromatic carbocycles. The van der Waals surface area contributed by atoms with Crippen molar-refractivity contribution in [3.05, 3.63) is 29.6 Å². The average Bonchev–Trinajstić information content (AvgIpc) is 2.38. The first-order chi connectivity index (χ1) is 8.48. The van der Waals surface area contributed by atoms with Crippen molar-refractivity contribution in [2.24, 2.45) is 5.92 Å². The maximum atomic E-state index is 12.4. The Morgan fingerprint density at radius 1 is 1.39 bits per heavy atom. The van der Waals surface area contributed by atoms with E-state index in [-0.39, 0.29) is 11.6 Å². The number of pyridine rings is 1. The van der Waals surface area contributed by atoms with Crippen molar-refractivity contribution in [1.29, 1.82) is 0 Å². The molecule has 6 heteroatoms. The summed E-state index contributed by atoms with van der Waals surface area (Å²) in [5.41, 5.74) is -0.545. The zero-order valence-electron chi connectivity index (χ0n) is 9.65. The highest BCUT2D eigenvalue weighted by Gasteiger charge is 2.31. The van der Waals surface area contributed by atoms with Gasteiger partial charge in [-0.05, 0) is 25.0 Å². The van der Waals surface area contributed by atoms with Crippen LogP contribution < -0.4 is 0 Å². The maximum absolute atomic E-state index is 12.4. The van der Waals surface area contributed by atoms with Gasteiger partial charge in [-0.25, -0.2) is 0 Å². The van der Waals surface area contributed by atoms with Gasteiger partial charge in [0.25, 0.3) is 0 Å². The molecule has 2 atom stereocenters. The molecule has 0 bridgehead atoms. The lowest BCUT2D eigenvalue weighted by atomic mass is 9.93. The zero-order valence-corrected chi connectivity index (χ0v) is 9.65. The quantitative estimate of drug-likeness (QED) is 0.889. The van der Waals surface area contributed by atoms with E-state index in [0.29, 0.717) is 13.2 Å². The molecule has 3 nitrogen and oxygen atoms in total. The minimum absolute atomic E-state index is 0.0945. The van der Waals surface area contributed by atoms with E-state index in [9.17, 15) is 18.3 Å². The van der Waals surface area contributed by atoms with Gasteiger partial charge in [-0.15, -0.1) is 0 Å². The molecule has 1 aliphatic heterocycles. The molecule has 0 saturated carbocycles. The van der Waals surface area contributed by atoms with Gasteiger partial charge in [-0.3, -0.25) is 4.98 Å². The number of rotatable bonds is 2. The number of hydrogen-bond donors (Lipinski definition) is 1. The van der Waals surface area contributed by atoms with Gasteiger partial charge in [-0.1, -0.05) is 0 Å².